The number of aromatic nitrogens is 1. The van der Waals surface area contributed by atoms with Crippen LogP contribution in [0.1, 0.15) is 47.6 Å². The van der Waals surface area contributed by atoms with Gasteiger partial charge >= 0.3 is 0 Å². The maximum Gasteiger partial charge on any atom is 0.255 e. The van der Waals surface area contributed by atoms with E-state index in [1.807, 2.05) is 6.07 Å². The van der Waals surface area contributed by atoms with Crippen LogP contribution in [0.3, 0.4) is 0 Å². The van der Waals surface area contributed by atoms with E-state index >= 15 is 0 Å². The van der Waals surface area contributed by atoms with Crippen LogP contribution in [0.2, 0.25) is 5.02 Å². The molecule has 0 radical (unpaired) electrons. The SMILES string of the molecule is O=C(Nc1ccc(Cl)cn1)C1CCN(C(=O)CNC(=O)C2c3ccccc3C(=O)N2C2CC2)CC1. The normalized spacial score (nSPS) is 19.9. The Balaban J connectivity index is 1.13. The second kappa shape index (κ2) is 9.65. The number of halogens is 1. The van der Waals surface area contributed by atoms with E-state index in [0.717, 1.165) is 12.8 Å². The quantitative estimate of drug-likeness (QED) is 0.639. The Bertz CT molecular complexity index is 1160. The molecule has 1 saturated heterocycles. The maximum atomic E-state index is 13.1. The number of hydrogen-bond donors (Lipinski definition) is 2. The lowest BCUT2D eigenvalue weighted by atomic mass is 9.96. The molecule has 2 fully saturated rings. The molecular weight excluding hydrogens is 470 g/mol. The van der Waals surface area contributed by atoms with E-state index < -0.39 is 6.04 Å². The molecule has 5 rings (SSSR count). The number of anilines is 1. The third-order valence-electron chi connectivity index (χ3n) is 6.80. The predicted molar refractivity (Wildman–Crippen MR) is 129 cm³/mol. The minimum atomic E-state index is -0.699. The summed E-state index contributed by atoms with van der Waals surface area (Å²) in [7, 11) is 0. The molecule has 1 aromatic heterocycles. The van der Waals surface area contributed by atoms with Gasteiger partial charge in [0.05, 0.1) is 11.6 Å². The van der Waals surface area contributed by atoms with Crippen molar-refractivity contribution in [2.24, 2.45) is 5.92 Å². The van der Waals surface area contributed by atoms with Gasteiger partial charge in [0, 0.05) is 36.8 Å². The van der Waals surface area contributed by atoms with Crippen molar-refractivity contribution in [2.45, 2.75) is 37.8 Å². The van der Waals surface area contributed by atoms with Crippen LogP contribution >= 0.6 is 11.6 Å². The summed E-state index contributed by atoms with van der Waals surface area (Å²) in [5.41, 5.74) is 1.25. The summed E-state index contributed by atoms with van der Waals surface area (Å²) in [5.74, 6) is -0.582. The number of piperidine rings is 1. The fourth-order valence-corrected chi connectivity index (χ4v) is 4.89. The molecule has 182 valence electrons. The third kappa shape index (κ3) is 4.86. The number of likely N-dealkylation sites (tertiary alicyclic amines) is 1. The Hall–Kier alpha value is -3.46. The van der Waals surface area contributed by atoms with Crippen molar-refractivity contribution in [1.82, 2.24) is 20.1 Å². The molecule has 0 spiro atoms. The van der Waals surface area contributed by atoms with Gasteiger partial charge in [0.1, 0.15) is 11.9 Å². The molecule has 3 heterocycles. The van der Waals surface area contributed by atoms with Gasteiger partial charge in [-0.15, -0.1) is 0 Å². The second-order valence-corrected chi connectivity index (χ2v) is 9.59. The van der Waals surface area contributed by atoms with Crippen molar-refractivity contribution >= 4 is 41.0 Å². The Morgan fingerprint density at radius 3 is 2.43 bits per heavy atom. The lowest BCUT2D eigenvalue weighted by Gasteiger charge is -2.31. The molecule has 1 unspecified atom stereocenters. The summed E-state index contributed by atoms with van der Waals surface area (Å²) in [4.78, 5) is 58.6. The summed E-state index contributed by atoms with van der Waals surface area (Å²) in [6, 6.07) is 9.83. The van der Waals surface area contributed by atoms with E-state index in [1.54, 1.807) is 40.1 Å². The maximum absolute atomic E-state index is 13.1. The first kappa shape index (κ1) is 23.3. The molecule has 2 aromatic rings. The van der Waals surface area contributed by atoms with Gasteiger partial charge in [0.25, 0.3) is 5.91 Å². The van der Waals surface area contributed by atoms with Crippen LogP contribution in [0.4, 0.5) is 5.82 Å². The van der Waals surface area contributed by atoms with Crippen LogP contribution in [-0.2, 0) is 14.4 Å². The third-order valence-corrected chi connectivity index (χ3v) is 7.02. The van der Waals surface area contributed by atoms with E-state index in [4.69, 9.17) is 11.6 Å². The lowest BCUT2D eigenvalue weighted by molar-refractivity contribution is -0.136. The van der Waals surface area contributed by atoms with Crippen molar-refractivity contribution in [2.75, 3.05) is 25.0 Å². The smallest absolute Gasteiger partial charge is 0.255 e. The molecule has 4 amide bonds. The second-order valence-electron chi connectivity index (χ2n) is 9.16. The highest BCUT2D eigenvalue weighted by atomic mass is 35.5. The largest absolute Gasteiger partial charge is 0.345 e. The molecule has 1 aliphatic carbocycles. The minimum absolute atomic E-state index is 0.0783. The summed E-state index contributed by atoms with van der Waals surface area (Å²) in [6.45, 7) is 0.718. The van der Waals surface area contributed by atoms with Gasteiger partial charge in [-0.05, 0) is 49.4 Å². The molecule has 10 heteroatoms. The summed E-state index contributed by atoms with van der Waals surface area (Å²) in [5, 5.41) is 6.02. The zero-order valence-electron chi connectivity index (χ0n) is 19.1. The van der Waals surface area contributed by atoms with Gasteiger partial charge in [-0.2, -0.15) is 0 Å². The first-order chi connectivity index (χ1) is 16.9. The van der Waals surface area contributed by atoms with Gasteiger partial charge < -0.3 is 20.4 Å². The van der Waals surface area contributed by atoms with Crippen molar-refractivity contribution in [3.05, 3.63) is 58.7 Å². The average molecular weight is 496 g/mol. The molecule has 1 atom stereocenters. The fourth-order valence-electron chi connectivity index (χ4n) is 4.77. The molecular formula is C25H26ClN5O4. The van der Waals surface area contributed by atoms with Crippen molar-refractivity contribution in [1.29, 1.82) is 0 Å². The number of pyridine rings is 1. The molecule has 0 bridgehead atoms. The monoisotopic (exact) mass is 495 g/mol. The number of fused-ring (bicyclic) bond motifs is 1. The first-order valence-electron chi connectivity index (χ1n) is 11.8. The highest BCUT2D eigenvalue weighted by Gasteiger charge is 2.47. The molecule has 1 aromatic carbocycles. The van der Waals surface area contributed by atoms with E-state index in [-0.39, 0.29) is 42.1 Å². The number of rotatable bonds is 6. The van der Waals surface area contributed by atoms with E-state index in [9.17, 15) is 19.2 Å². The molecule has 2 N–H and O–H groups in total. The van der Waals surface area contributed by atoms with Crippen molar-refractivity contribution in [3.8, 4) is 0 Å². The van der Waals surface area contributed by atoms with Gasteiger partial charge in [-0.25, -0.2) is 4.98 Å². The average Bonchev–Trinajstić information content (AvgIpc) is 3.67. The highest BCUT2D eigenvalue weighted by molar-refractivity contribution is 6.30. The van der Waals surface area contributed by atoms with Gasteiger partial charge in [0.15, 0.2) is 0 Å². The van der Waals surface area contributed by atoms with Crippen LogP contribution in [0, 0.1) is 5.92 Å². The van der Waals surface area contributed by atoms with Crippen LogP contribution < -0.4 is 10.6 Å². The topological polar surface area (TPSA) is 112 Å². The summed E-state index contributed by atoms with van der Waals surface area (Å²) in [6.07, 6.45) is 4.30. The lowest BCUT2D eigenvalue weighted by Crippen LogP contribution is -2.47. The fraction of sp³-hybridized carbons (Fsp3) is 0.400. The summed E-state index contributed by atoms with van der Waals surface area (Å²) < 4.78 is 0. The van der Waals surface area contributed by atoms with Crippen molar-refractivity contribution < 1.29 is 19.2 Å². The standard InChI is InChI=1S/C25H26ClN5O4/c26-16-5-8-20(27-13-16)29-23(33)15-9-11-30(12-10-15)21(32)14-28-24(34)22-18-3-1-2-4-19(18)25(35)31(22)17-6-7-17/h1-5,8,13,15,17,22H,6-7,9-12,14H2,(H,28,34)(H,27,29,33). The van der Waals surface area contributed by atoms with Crippen LogP contribution in [0.5, 0.6) is 0 Å². The van der Waals surface area contributed by atoms with E-state index in [1.165, 1.54) is 6.20 Å². The number of benzene rings is 1. The van der Waals surface area contributed by atoms with Crippen LogP contribution in [-0.4, -0.2) is 64.1 Å². The number of hydrogen-bond acceptors (Lipinski definition) is 5. The van der Waals surface area contributed by atoms with Crippen molar-refractivity contribution in [3.63, 3.8) is 0 Å². The van der Waals surface area contributed by atoms with Crippen LogP contribution in [0.15, 0.2) is 42.6 Å². The zero-order valence-corrected chi connectivity index (χ0v) is 19.8. The number of carbonyl (C=O) groups is 4. The van der Waals surface area contributed by atoms with E-state index in [0.29, 0.717) is 47.9 Å². The highest BCUT2D eigenvalue weighted by Crippen LogP contribution is 2.41. The number of carbonyl (C=O) groups excluding carboxylic acids is 4. The zero-order chi connectivity index (χ0) is 24.5. The number of nitrogens with zero attached hydrogens (tertiary/aromatic N) is 3. The molecule has 9 nitrogen and oxygen atoms in total. The van der Waals surface area contributed by atoms with Crippen LogP contribution in [0.25, 0.3) is 0 Å². The van der Waals surface area contributed by atoms with Gasteiger partial charge in [-0.1, -0.05) is 29.8 Å². The Labute approximate surface area is 207 Å². The Morgan fingerprint density at radius 2 is 1.74 bits per heavy atom. The molecule has 35 heavy (non-hydrogen) atoms. The molecule has 1 saturated carbocycles. The molecule has 3 aliphatic rings. The minimum Gasteiger partial charge on any atom is -0.345 e. The Morgan fingerprint density at radius 1 is 1.00 bits per heavy atom. The summed E-state index contributed by atoms with van der Waals surface area (Å²) >= 11 is 5.82. The van der Waals surface area contributed by atoms with Gasteiger partial charge in [0.2, 0.25) is 17.7 Å². The predicted octanol–water partition coefficient (Wildman–Crippen LogP) is 2.39. The Kier molecular flexibility index (Phi) is 6.42. The first-order valence-corrected chi connectivity index (χ1v) is 12.2. The molecule has 2 aliphatic heterocycles. The van der Waals surface area contributed by atoms with Gasteiger partial charge in [-0.3, -0.25) is 19.2 Å². The van der Waals surface area contributed by atoms with E-state index in [2.05, 4.69) is 15.6 Å². The number of amides is 4. The number of nitrogens with one attached hydrogen (secondary N) is 2.